The summed E-state index contributed by atoms with van der Waals surface area (Å²) in [5, 5.41) is 6.76. The van der Waals surface area contributed by atoms with Crippen molar-refractivity contribution in [3.8, 4) is 0 Å². The van der Waals surface area contributed by atoms with E-state index in [2.05, 4.69) is 20.5 Å². The van der Waals surface area contributed by atoms with E-state index >= 15 is 0 Å². The highest BCUT2D eigenvalue weighted by atomic mass is 127. The molecule has 32 heavy (non-hydrogen) atoms. The lowest BCUT2D eigenvalue weighted by Crippen LogP contribution is -2.53. The number of nitrogens with zero attached hydrogens (tertiary/aromatic N) is 4. The Morgan fingerprint density at radius 3 is 2.47 bits per heavy atom. The first-order chi connectivity index (χ1) is 15.1. The van der Waals surface area contributed by atoms with Crippen LogP contribution in [0.3, 0.4) is 0 Å². The Morgan fingerprint density at radius 1 is 1.12 bits per heavy atom. The molecule has 8 nitrogen and oxygen atoms in total. The molecule has 2 amide bonds. The summed E-state index contributed by atoms with van der Waals surface area (Å²) in [6.07, 6.45) is 3.82. The molecule has 3 fully saturated rings. The minimum atomic E-state index is 0. The summed E-state index contributed by atoms with van der Waals surface area (Å²) in [6.45, 7) is 5.85. The Hall–Kier alpha value is -1.88. The van der Waals surface area contributed by atoms with Crippen LogP contribution in [0.15, 0.2) is 35.3 Å². The summed E-state index contributed by atoms with van der Waals surface area (Å²) in [7, 11) is 1.76. The van der Waals surface area contributed by atoms with Gasteiger partial charge in [-0.2, -0.15) is 0 Å². The monoisotopic (exact) mass is 554 g/mol. The largest absolute Gasteiger partial charge is 0.355 e. The van der Waals surface area contributed by atoms with Crippen molar-refractivity contribution in [2.45, 2.75) is 31.7 Å². The number of carbonyl (C=O) groups is 2. The van der Waals surface area contributed by atoms with Crippen LogP contribution in [-0.2, 0) is 9.59 Å². The predicted octanol–water partition coefficient (Wildman–Crippen LogP) is 1.52. The van der Waals surface area contributed by atoms with Crippen LogP contribution < -0.4 is 15.5 Å². The van der Waals surface area contributed by atoms with Gasteiger partial charge in [0.15, 0.2) is 5.96 Å². The third kappa shape index (κ3) is 6.12. The van der Waals surface area contributed by atoms with Crippen LogP contribution in [0.5, 0.6) is 0 Å². The fourth-order valence-corrected chi connectivity index (χ4v) is 4.49. The van der Waals surface area contributed by atoms with Gasteiger partial charge in [-0.15, -0.1) is 24.0 Å². The highest BCUT2D eigenvalue weighted by molar-refractivity contribution is 14.0. The normalized spacial score (nSPS) is 22.3. The second-order valence-corrected chi connectivity index (χ2v) is 8.68. The molecule has 1 aliphatic carbocycles. The van der Waals surface area contributed by atoms with Crippen LogP contribution in [0.25, 0.3) is 0 Å². The number of aliphatic imine (C=N–C) groups is 1. The molecule has 2 heterocycles. The average molecular weight is 554 g/mol. The van der Waals surface area contributed by atoms with Crippen molar-refractivity contribution in [2.24, 2.45) is 10.9 Å². The molecule has 2 N–H and O–H groups in total. The Morgan fingerprint density at radius 2 is 1.84 bits per heavy atom. The third-order valence-corrected chi connectivity index (χ3v) is 6.62. The van der Waals surface area contributed by atoms with Crippen molar-refractivity contribution in [2.75, 3.05) is 57.8 Å². The first-order valence-electron chi connectivity index (χ1n) is 11.5. The molecule has 1 unspecified atom stereocenters. The number of anilines is 1. The fraction of sp³-hybridized carbons (Fsp3) is 0.609. The number of nitrogens with one attached hydrogen (secondary N) is 2. The molecule has 0 radical (unpaired) electrons. The Balaban J connectivity index is 0.00000289. The van der Waals surface area contributed by atoms with Gasteiger partial charge in [0, 0.05) is 70.9 Å². The molecule has 1 atom stereocenters. The van der Waals surface area contributed by atoms with Crippen molar-refractivity contribution >= 4 is 47.4 Å². The fourth-order valence-electron chi connectivity index (χ4n) is 4.49. The van der Waals surface area contributed by atoms with Gasteiger partial charge in [-0.05, 0) is 25.0 Å². The van der Waals surface area contributed by atoms with Crippen molar-refractivity contribution in [1.82, 2.24) is 20.4 Å². The zero-order valence-electron chi connectivity index (χ0n) is 18.8. The summed E-state index contributed by atoms with van der Waals surface area (Å²) in [5.41, 5.74) is 0.940. The maximum atomic E-state index is 12.4. The number of piperazine rings is 1. The van der Waals surface area contributed by atoms with Crippen molar-refractivity contribution in [1.29, 1.82) is 0 Å². The van der Waals surface area contributed by atoms with E-state index in [1.807, 2.05) is 40.1 Å². The van der Waals surface area contributed by atoms with E-state index in [0.29, 0.717) is 24.8 Å². The smallest absolute Gasteiger partial charge is 0.229 e. The van der Waals surface area contributed by atoms with Crippen LogP contribution >= 0.6 is 24.0 Å². The lowest BCUT2D eigenvalue weighted by Gasteiger charge is -2.38. The Labute approximate surface area is 207 Å². The van der Waals surface area contributed by atoms with Gasteiger partial charge in [-0.3, -0.25) is 19.5 Å². The highest BCUT2D eigenvalue weighted by Gasteiger charge is 2.32. The van der Waals surface area contributed by atoms with E-state index in [-0.39, 0.29) is 35.9 Å². The zero-order valence-corrected chi connectivity index (χ0v) is 21.2. The summed E-state index contributed by atoms with van der Waals surface area (Å²) in [5.74, 6) is 1.52. The van der Waals surface area contributed by atoms with Crippen LogP contribution in [0.4, 0.5) is 5.69 Å². The number of para-hydroxylation sites is 1. The molecule has 176 valence electrons. The molecule has 1 saturated carbocycles. The number of rotatable bonds is 6. The molecule has 2 aliphatic heterocycles. The van der Waals surface area contributed by atoms with Crippen LogP contribution in [0, 0.1) is 5.92 Å². The minimum absolute atomic E-state index is 0. The average Bonchev–Trinajstić information content (AvgIpc) is 3.13. The molecule has 9 heteroatoms. The molecule has 1 aromatic carbocycles. The summed E-state index contributed by atoms with van der Waals surface area (Å²) in [4.78, 5) is 35.4. The van der Waals surface area contributed by atoms with E-state index in [0.717, 1.165) is 63.8 Å². The first kappa shape index (κ1) is 24.8. The van der Waals surface area contributed by atoms with E-state index in [4.69, 9.17) is 0 Å². The first-order valence-corrected chi connectivity index (χ1v) is 11.5. The molecular formula is C23H35IN6O2. The minimum Gasteiger partial charge on any atom is -0.355 e. The van der Waals surface area contributed by atoms with Gasteiger partial charge in [-0.25, -0.2) is 0 Å². The number of hydrogen-bond donors (Lipinski definition) is 2. The molecule has 0 bridgehead atoms. The highest BCUT2D eigenvalue weighted by Crippen LogP contribution is 2.28. The topological polar surface area (TPSA) is 80.3 Å². The lowest BCUT2D eigenvalue weighted by molar-refractivity contribution is -0.139. The molecule has 4 rings (SSSR count). The number of hydrogen-bond acceptors (Lipinski definition) is 4. The van der Waals surface area contributed by atoms with Gasteiger partial charge in [0.25, 0.3) is 0 Å². The number of halogens is 1. The number of amides is 2. The second-order valence-electron chi connectivity index (χ2n) is 8.68. The van der Waals surface area contributed by atoms with Gasteiger partial charge < -0.3 is 20.4 Å². The SMILES string of the molecule is CN=C(NCCN1CCN(C(=O)C2CCC2)CC1)NC1CC(=O)N(c2ccccc2)C1.I. The van der Waals surface area contributed by atoms with Gasteiger partial charge in [0.2, 0.25) is 11.8 Å². The maximum absolute atomic E-state index is 12.4. The van der Waals surface area contributed by atoms with Gasteiger partial charge in [0.05, 0.1) is 6.04 Å². The predicted molar refractivity (Wildman–Crippen MR) is 137 cm³/mol. The number of carbonyl (C=O) groups excluding carboxylic acids is 2. The van der Waals surface area contributed by atoms with Crippen molar-refractivity contribution in [3.05, 3.63) is 30.3 Å². The van der Waals surface area contributed by atoms with E-state index in [1.54, 1.807) is 7.05 Å². The molecule has 1 aromatic rings. The van der Waals surface area contributed by atoms with E-state index in [9.17, 15) is 9.59 Å². The molecule has 0 spiro atoms. The Bertz CT molecular complexity index is 793. The summed E-state index contributed by atoms with van der Waals surface area (Å²) < 4.78 is 0. The summed E-state index contributed by atoms with van der Waals surface area (Å²) >= 11 is 0. The van der Waals surface area contributed by atoms with Crippen molar-refractivity contribution in [3.63, 3.8) is 0 Å². The second kappa shape index (κ2) is 11.8. The molecular weight excluding hydrogens is 519 g/mol. The lowest BCUT2D eigenvalue weighted by atomic mass is 9.84. The van der Waals surface area contributed by atoms with Crippen LogP contribution in [0.1, 0.15) is 25.7 Å². The maximum Gasteiger partial charge on any atom is 0.229 e. The van der Waals surface area contributed by atoms with Crippen LogP contribution in [0.2, 0.25) is 0 Å². The number of benzene rings is 1. The molecule has 2 saturated heterocycles. The Kier molecular flexibility index (Phi) is 9.15. The van der Waals surface area contributed by atoms with Gasteiger partial charge in [0.1, 0.15) is 0 Å². The third-order valence-electron chi connectivity index (χ3n) is 6.62. The van der Waals surface area contributed by atoms with Crippen LogP contribution in [-0.4, -0.2) is 86.5 Å². The summed E-state index contributed by atoms with van der Waals surface area (Å²) in [6, 6.07) is 9.83. The molecule has 0 aromatic heterocycles. The van der Waals surface area contributed by atoms with Crippen molar-refractivity contribution < 1.29 is 9.59 Å². The standard InChI is InChI=1S/C23H34N6O2.HI/c1-24-23(26-19-16-21(30)29(17-19)20-8-3-2-4-9-20)25-10-11-27-12-14-28(15-13-27)22(31)18-6-5-7-18;/h2-4,8-9,18-19H,5-7,10-17H2,1H3,(H2,24,25,26);1H. The molecule has 3 aliphatic rings. The number of guanidine groups is 1. The van der Waals surface area contributed by atoms with Gasteiger partial charge >= 0.3 is 0 Å². The zero-order chi connectivity index (χ0) is 21.6. The van der Waals surface area contributed by atoms with Gasteiger partial charge in [-0.1, -0.05) is 24.6 Å². The van der Waals surface area contributed by atoms with E-state index < -0.39 is 0 Å². The quantitative estimate of drug-likeness (QED) is 0.317. The van der Waals surface area contributed by atoms with E-state index in [1.165, 1.54) is 6.42 Å².